The molecule has 1 atom stereocenters. The Morgan fingerprint density at radius 1 is 1.03 bits per heavy atom. The molecule has 8 heteroatoms. The van der Waals surface area contributed by atoms with E-state index in [9.17, 15) is 17.6 Å². The molecule has 31 heavy (non-hydrogen) atoms. The van der Waals surface area contributed by atoms with Crippen molar-refractivity contribution in [3.8, 4) is 5.75 Å². The minimum Gasteiger partial charge on any atom is -0.495 e. The van der Waals surface area contributed by atoms with Crippen molar-refractivity contribution in [1.29, 1.82) is 0 Å². The van der Waals surface area contributed by atoms with Gasteiger partial charge in [0.15, 0.2) is 0 Å². The summed E-state index contributed by atoms with van der Waals surface area (Å²) in [5, 5.41) is 2.47. The van der Waals surface area contributed by atoms with Crippen molar-refractivity contribution in [2.24, 2.45) is 0 Å². The van der Waals surface area contributed by atoms with E-state index >= 15 is 0 Å². The van der Waals surface area contributed by atoms with Crippen LogP contribution in [0.2, 0.25) is 0 Å². The van der Waals surface area contributed by atoms with Crippen molar-refractivity contribution in [2.45, 2.75) is 24.3 Å². The van der Waals surface area contributed by atoms with E-state index in [2.05, 4.69) is 10.0 Å². The van der Waals surface area contributed by atoms with Crippen molar-refractivity contribution in [1.82, 2.24) is 4.72 Å². The molecule has 162 valence electrons. The maximum absolute atomic E-state index is 14.0. The predicted molar refractivity (Wildman–Crippen MR) is 117 cm³/mol. The first kappa shape index (κ1) is 22.5. The minimum absolute atomic E-state index is 0.0297. The summed E-state index contributed by atoms with van der Waals surface area (Å²) < 4.78 is 47.9. The zero-order chi connectivity index (χ0) is 22.4. The van der Waals surface area contributed by atoms with Gasteiger partial charge in [0, 0.05) is 0 Å². The van der Waals surface area contributed by atoms with Gasteiger partial charge in [0.1, 0.15) is 22.5 Å². The number of para-hydroxylation sites is 1. The third-order valence-electron chi connectivity index (χ3n) is 4.64. The van der Waals surface area contributed by atoms with Crippen LogP contribution in [0.15, 0.2) is 77.7 Å². The quantitative estimate of drug-likeness (QED) is 0.558. The lowest BCUT2D eigenvalue weighted by molar-refractivity contribution is -0.117. The molecular formula is C23H23FN2O4S. The molecule has 0 fully saturated rings. The summed E-state index contributed by atoms with van der Waals surface area (Å²) in [6.07, 6.45) is 0.0779. The highest BCUT2D eigenvalue weighted by atomic mass is 32.2. The van der Waals surface area contributed by atoms with E-state index in [1.54, 1.807) is 49.4 Å². The third kappa shape index (κ3) is 5.68. The van der Waals surface area contributed by atoms with Gasteiger partial charge < -0.3 is 10.1 Å². The van der Waals surface area contributed by atoms with Gasteiger partial charge in [-0.05, 0) is 48.7 Å². The molecule has 0 bridgehead atoms. The number of nitrogens with one attached hydrogen (secondary N) is 2. The van der Waals surface area contributed by atoms with Gasteiger partial charge in [-0.15, -0.1) is 0 Å². The monoisotopic (exact) mass is 442 g/mol. The normalized spacial score (nSPS) is 12.2. The third-order valence-corrected chi connectivity index (χ3v) is 6.13. The highest BCUT2D eigenvalue weighted by Gasteiger charge is 2.28. The second-order valence-corrected chi connectivity index (χ2v) is 8.67. The summed E-state index contributed by atoms with van der Waals surface area (Å²) in [7, 11) is -2.75. The van der Waals surface area contributed by atoms with Crippen LogP contribution in [0.3, 0.4) is 0 Å². The number of amides is 1. The standard InChI is InChI=1S/C23H23FN2O4S/c1-16-12-13-21(30-2)22(14-16)31(28,29)26-20(15-17-8-4-3-5-9-17)23(27)25-19-11-7-6-10-18(19)24/h3-14,20,26H,15H2,1-2H3,(H,25,27). The van der Waals surface area contributed by atoms with Crippen LogP contribution in [-0.2, 0) is 21.2 Å². The molecule has 0 spiro atoms. The smallest absolute Gasteiger partial charge is 0.245 e. The molecule has 0 aromatic heterocycles. The van der Waals surface area contributed by atoms with Gasteiger partial charge >= 0.3 is 0 Å². The maximum atomic E-state index is 14.0. The molecule has 1 amide bonds. The number of carbonyl (C=O) groups excluding carboxylic acids is 1. The molecule has 0 aliphatic carbocycles. The van der Waals surface area contributed by atoms with E-state index in [-0.39, 0.29) is 22.8 Å². The van der Waals surface area contributed by atoms with Gasteiger partial charge in [-0.25, -0.2) is 12.8 Å². The number of carbonyl (C=O) groups is 1. The van der Waals surface area contributed by atoms with Crippen molar-refractivity contribution >= 4 is 21.6 Å². The first-order chi connectivity index (χ1) is 14.8. The van der Waals surface area contributed by atoms with Crippen LogP contribution in [-0.4, -0.2) is 27.5 Å². The number of ether oxygens (including phenoxy) is 1. The minimum atomic E-state index is -4.12. The summed E-state index contributed by atoms with van der Waals surface area (Å²) in [5.74, 6) is -1.13. The Labute approximate surface area is 181 Å². The Bertz CT molecular complexity index is 1170. The molecule has 0 saturated heterocycles. The topological polar surface area (TPSA) is 84.5 Å². The van der Waals surface area contributed by atoms with Crippen molar-refractivity contribution in [3.63, 3.8) is 0 Å². The number of methoxy groups -OCH3 is 1. The number of halogens is 1. The Morgan fingerprint density at radius 2 is 1.71 bits per heavy atom. The van der Waals surface area contributed by atoms with E-state index in [0.717, 1.165) is 11.1 Å². The summed E-state index contributed by atoms with van der Waals surface area (Å²) in [6.45, 7) is 1.75. The van der Waals surface area contributed by atoms with Crippen molar-refractivity contribution in [2.75, 3.05) is 12.4 Å². The van der Waals surface area contributed by atoms with Crippen LogP contribution in [0.5, 0.6) is 5.75 Å². The SMILES string of the molecule is COc1ccc(C)cc1S(=O)(=O)NC(Cc1ccccc1)C(=O)Nc1ccccc1F. The van der Waals surface area contributed by atoms with Crippen molar-refractivity contribution in [3.05, 3.63) is 89.7 Å². The molecule has 3 aromatic rings. The zero-order valence-corrected chi connectivity index (χ0v) is 17.9. The van der Waals surface area contributed by atoms with E-state index in [0.29, 0.717) is 0 Å². The lowest BCUT2D eigenvalue weighted by Gasteiger charge is -2.20. The summed E-state index contributed by atoms with van der Waals surface area (Å²) >= 11 is 0. The van der Waals surface area contributed by atoms with Crippen molar-refractivity contribution < 1.29 is 22.3 Å². The second kappa shape index (κ2) is 9.72. The summed E-state index contributed by atoms with van der Waals surface area (Å²) in [6, 6.07) is 18.2. The predicted octanol–water partition coefficient (Wildman–Crippen LogP) is 3.67. The van der Waals surface area contributed by atoms with Gasteiger partial charge in [-0.2, -0.15) is 4.72 Å². The highest BCUT2D eigenvalue weighted by Crippen LogP contribution is 2.25. The van der Waals surface area contributed by atoms with Gasteiger partial charge in [-0.1, -0.05) is 48.5 Å². The Hall–Kier alpha value is -3.23. The van der Waals surface area contributed by atoms with Crippen LogP contribution >= 0.6 is 0 Å². The summed E-state index contributed by atoms with van der Waals surface area (Å²) in [4.78, 5) is 12.9. The van der Waals surface area contributed by atoms with E-state index < -0.39 is 27.8 Å². The number of hydrogen-bond acceptors (Lipinski definition) is 4. The fourth-order valence-corrected chi connectivity index (χ4v) is 4.51. The number of aryl methyl sites for hydroxylation is 1. The number of sulfonamides is 1. The molecule has 1 unspecified atom stereocenters. The maximum Gasteiger partial charge on any atom is 0.245 e. The van der Waals surface area contributed by atoms with E-state index in [4.69, 9.17) is 4.74 Å². The van der Waals surface area contributed by atoms with Crippen LogP contribution in [0.1, 0.15) is 11.1 Å². The number of hydrogen-bond donors (Lipinski definition) is 2. The molecular weight excluding hydrogens is 419 g/mol. The molecule has 0 saturated carbocycles. The molecule has 0 heterocycles. The van der Waals surface area contributed by atoms with E-state index in [1.807, 2.05) is 6.07 Å². The molecule has 6 nitrogen and oxygen atoms in total. The Kier molecular flexibility index (Phi) is 7.04. The van der Waals surface area contributed by atoms with Gasteiger partial charge in [0.2, 0.25) is 15.9 Å². The molecule has 0 aliphatic rings. The van der Waals surface area contributed by atoms with Gasteiger partial charge in [-0.3, -0.25) is 4.79 Å². The largest absolute Gasteiger partial charge is 0.495 e. The molecule has 0 radical (unpaired) electrons. The first-order valence-corrected chi connectivity index (χ1v) is 11.0. The van der Waals surface area contributed by atoms with Crippen LogP contribution in [0.4, 0.5) is 10.1 Å². The van der Waals surface area contributed by atoms with Gasteiger partial charge in [0.25, 0.3) is 0 Å². The Balaban J connectivity index is 1.93. The zero-order valence-electron chi connectivity index (χ0n) is 17.1. The highest BCUT2D eigenvalue weighted by molar-refractivity contribution is 7.89. The average molecular weight is 443 g/mol. The second-order valence-electron chi connectivity index (χ2n) is 6.99. The molecule has 2 N–H and O–H groups in total. The number of benzene rings is 3. The lowest BCUT2D eigenvalue weighted by Crippen LogP contribution is -2.45. The molecule has 0 aliphatic heterocycles. The number of rotatable bonds is 8. The molecule has 3 aromatic carbocycles. The number of anilines is 1. The fraction of sp³-hybridized carbons (Fsp3) is 0.174. The lowest BCUT2D eigenvalue weighted by atomic mass is 10.1. The van der Waals surface area contributed by atoms with Crippen LogP contribution in [0.25, 0.3) is 0 Å². The fourth-order valence-electron chi connectivity index (χ4n) is 3.06. The Morgan fingerprint density at radius 3 is 2.39 bits per heavy atom. The van der Waals surface area contributed by atoms with Gasteiger partial charge in [0.05, 0.1) is 12.8 Å². The average Bonchev–Trinajstić information content (AvgIpc) is 2.75. The first-order valence-electron chi connectivity index (χ1n) is 9.56. The van der Waals surface area contributed by atoms with Crippen LogP contribution in [0, 0.1) is 12.7 Å². The molecule has 3 rings (SSSR count). The summed E-state index contributed by atoms with van der Waals surface area (Å²) in [5.41, 5.74) is 1.43. The van der Waals surface area contributed by atoms with Crippen LogP contribution < -0.4 is 14.8 Å². The van der Waals surface area contributed by atoms with E-state index in [1.165, 1.54) is 31.4 Å².